The predicted octanol–water partition coefficient (Wildman–Crippen LogP) is 4.29. The first-order chi connectivity index (χ1) is 8.74. The molecule has 0 aliphatic rings. The van der Waals surface area contributed by atoms with Gasteiger partial charge < -0.3 is 10.2 Å². The Morgan fingerprint density at radius 2 is 1.28 bits per heavy atom. The van der Waals surface area contributed by atoms with Gasteiger partial charge in [0.15, 0.2) is 0 Å². The van der Waals surface area contributed by atoms with Crippen LogP contribution in [0.2, 0.25) is 0 Å². The SMILES string of the molecule is CCCCCCC(CCCCCC)C[C@@H](O)CO. The maximum absolute atomic E-state index is 9.58. The fourth-order valence-electron chi connectivity index (χ4n) is 2.56. The molecule has 0 bridgehead atoms. The molecule has 18 heavy (non-hydrogen) atoms. The van der Waals surface area contributed by atoms with Crippen LogP contribution in [-0.2, 0) is 0 Å². The molecule has 0 heterocycles. The lowest BCUT2D eigenvalue weighted by Gasteiger charge is -2.19. The first-order valence-corrected chi connectivity index (χ1v) is 8.03. The van der Waals surface area contributed by atoms with Crippen molar-refractivity contribution in [3.8, 4) is 0 Å². The molecule has 0 aromatic heterocycles. The lowest BCUT2D eigenvalue weighted by Crippen LogP contribution is -2.17. The van der Waals surface area contributed by atoms with E-state index in [0.717, 1.165) is 6.42 Å². The van der Waals surface area contributed by atoms with Crippen molar-refractivity contribution in [2.45, 2.75) is 90.6 Å². The Hall–Kier alpha value is -0.0800. The molecule has 0 aromatic carbocycles. The summed E-state index contributed by atoms with van der Waals surface area (Å²) in [5.41, 5.74) is 0. The summed E-state index contributed by atoms with van der Waals surface area (Å²) < 4.78 is 0. The fraction of sp³-hybridized carbons (Fsp3) is 1.00. The molecule has 0 amide bonds. The Balaban J connectivity index is 3.77. The average molecular weight is 258 g/mol. The Kier molecular flexibility index (Phi) is 13.3. The number of aliphatic hydroxyl groups excluding tert-OH is 2. The molecule has 0 spiro atoms. The van der Waals surface area contributed by atoms with E-state index < -0.39 is 6.10 Å². The molecule has 2 heteroatoms. The van der Waals surface area contributed by atoms with E-state index in [4.69, 9.17) is 5.11 Å². The Bertz CT molecular complexity index is 147. The van der Waals surface area contributed by atoms with Gasteiger partial charge in [-0.2, -0.15) is 0 Å². The van der Waals surface area contributed by atoms with Crippen LogP contribution in [0.1, 0.15) is 84.5 Å². The largest absolute Gasteiger partial charge is 0.394 e. The highest BCUT2D eigenvalue weighted by Crippen LogP contribution is 2.22. The molecule has 0 saturated heterocycles. The van der Waals surface area contributed by atoms with Crippen molar-refractivity contribution in [3.05, 3.63) is 0 Å². The quantitative estimate of drug-likeness (QED) is 0.484. The van der Waals surface area contributed by atoms with Crippen molar-refractivity contribution in [2.24, 2.45) is 5.92 Å². The second-order valence-corrected chi connectivity index (χ2v) is 5.64. The smallest absolute Gasteiger partial charge is 0.0773 e. The Labute approximate surface area is 114 Å². The van der Waals surface area contributed by atoms with Crippen LogP contribution in [0.5, 0.6) is 0 Å². The van der Waals surface area contributed by atoms with Gasteiger partial charge in [0.25, 0.3) is 0 Å². The van der Waals surface area contributed by atoms with Crippen LogP contribution in [0.15, 0.2) is 0 Å². The van der Waals surface area contributed by atoms with E-state index in [1.165, 1.54) is 64.2 Å². The van der Waals surface area contributed by atoms with Crippen molar-refractivity contribution in [3.63, 3.8) is 0 Å². The molecule has 0 fully saturated rings. The van der Waals surface area contributed by atoms with Gasteiger partial charge in [0, 0.05) is 0 Å². The van der Waals surface area contributed by atoms with E-state index in [-0.39, 0.29) is 6.61 Å². The van der Waals surface area contributed by atoms with Crippen LogP contribution in [0.4, 0.5) is 0 Å². The van der Waals surface area contributed by atoms with Gasteiger partial charge in [-0.25, -0.2) is 0 Å². The van der Waals surface area contributed by atoms with Gasteiger partial charge in [-0.3, -0.25) is 0 Å². The molecule has 110 valence electrons. The minimum atomic E-state index is -0.507. The summed E-state index contributed by atoms with van der Waals surface area (Å²) in [4.78, 5) is 0. The van der Waals surface area contributed by atoms with Gasteiger partial charge in [-0.1, -0.05) is 78.1 Å². The van der Waals surface area contributed by atoms with Gasteiger partial charge in [0.2, 0.25) is 0 Å². The number of hydrogen-bond donors (Lipinski definition) is 2. The number of unbranched alkanes of at least 4 members (excludes halogenated alkanes) is 6. The van der Waals surface area contributed by atoms with Crippen molar-refractivity contribution in [1.82, 2.24) is 0 Å². The van der Waals surface area contributed by atoms with Crippen LogP contribution in [0.3, 0.4) is 0 Å². The third kappa shape index (κ3) is 11.0. The van der Waals surface area contributed by atoms with Crippen molar-refractivity contribution in [1.29, 1.82) is 0 Å². The zero-order valence-electron chi connectivity index (χ0n) is 12.5. The molecule has 0 radical (unpaired) electrons. The van der Waals surface area contributed by atoms with Crippen molar-refractivity contribution >= 4 is 0 Å². The predicted molar refractivity (Wildman–Crippen MR) is 78.7 cm³/mol. The summed E-state index contributed by atoms with van der Waals surface area (Å²) >= 11 is 0. The molecule has 0 unspecified atom stereocenters. The molecule has 1 atom stereocenters. The standard InChI is InChI=1S/C16H34O2/c1-3-5-7-9-11-15(13-16(18)14-17)12-10-8-6-4-2/h15-18H,3-14H2,1-2H3/t16-/m1/s1. The number of rotatable bonds is 13. The van der Waals surface area contributed by atoms with E-state index in [1.807, 2.05) is 0 Å². The number of aliphatic hydroxyl groups is 2. The molecular weight excluding hydrogens is 224 g/mol. The van der Waals surface area contributed by atoms with Crippen molar-refractivity contribution < 1.29 is 10.2 Å². The maximum Gasteiger partial charge on any atom is 0.0773 e. The summed E-state index contributed by atoms with van der Waals surface area (Å²) in [6.07, 6.45) is 13.1. The van der Waals surface area contributed by atoms with Gasteiger partial charge in [-0.15, -0.1) is 0 Å². The maximum atomic E-state index is 9.58. The zero-order valence-corrected chi connectivity index (χ0v) is 12.5. The van der Waals surface area contributed by atoms with E-state index >= 15 is 0 Å². The highest BCUT2D eigenvalue weighted by molar-refractivity contribution is 4.65. The highest BCUT2D eigenvalue weighted by Gasteiger charge is 2.13. The second kappa shape index (κ2) is 13.4. The molecular formula is C16H34O2. The minimum absolute atomic E-state index is 0.0829. The van der Waals surface area contributed by atoms with Crippen LogP contribution in [0, 0.1) is 5.92 Å². The van der Waals surface area contributed by atoms with Crippen LogP contribution in [0.25, 0.3) is 0 Å². The molecule has 0 aliphatic heterocycles. The first-order valence-electron chi connectivity index (χ1n) is 8.03. The Morgan fingerprint density at radius 1 is 0.778 bits per heavy atom. The zero-order chi connectivity index (χ0) is 13.6. The molecule has 0 aliphatic carbocycles. The normalized spacial score (nSPS) is 13.2. The van der Waals surface area contributed by atoms with Gasteiger partial charge in [0.1, 0.15) is 0 Å². The summed E-state index contributed by atoms with van der Waals surface area (Å²) in [6, 6.07) is 0. The molecule has 2 nitrogen and oxygen atoms in total. The first kappa shape index (κ1) is 17.9. The second-order valence-electron chi connectivity index (χ2n) is 5.64. The van der Waals surface area contributed by atoms with Crippen LogP contribution < -0.4 is 0 Å². The Morgan fingerprint density at radius 3 is 1.67 bits per heavy atom. The van der Waals surface area contributed by atoms with Gasteiger partial charge in [0.05, 0.1) is 12.7 Å². The lowest BCUT2D eigenvalue weighted by molar-refractivity contribution is 0.0705. The fourth-order valence-corrected chi connectivity index (χ4v) is 2.56. The molecule has 0 saturated carbocycles. The van der Waals surface area contributed by atoms with Gasteiger partial charge >= 0.3 is 0 Å². The molecule has 2 N–H and O–H groups in total. The summed E-state index contributed by atoms with van der Waals surface area (Å²) in [5.74, 6) is 0.612. The van der Waals surface area contributed by atoms with E-state index in [9.17, 15) is 5.11 Å². The van der Waals surface area contributed by atoms with E-state index in [1.54, 1.807) is 0 Å². The summed E-state index contributed by atoms with van der Waals surface area (Å²) in [7, 11) is 0. The average Bonchev–Trinajstić information content (AvgIpc) is 2.39. The van der Waals surface area contributed by atoms with Crippen molar-refractivity contribution in [2.75, 3.05) is 6.61 Å². The molecule has 0 aromatic rings. The number of hydrogen-bond acceptors (Lipinski definition) is 2. The summed E-state index contributed by atoms with van der Waals surface area (Å²) in [5, 5.41) is 18.5. The van der Waals surface area contributed by atoms with E-state index in [2.05, 4.69) is 13.8 Å². The summed E-state index contributed by atoms with van der Waals surface area (Å²) in [6.45, 7) is 4.38. The van der Waals surface area contributed by atoms with Crippen LogP contribution in [-0.4, -0.2) is 22.9 Å². The molecule has 0 rings (SSSR count). The third-order valence-corrected chi connectivity index (χ3v) is 3.75. The highest BCUT2D eigenvalue weighted by atomic mass is 16.3. The monoisotopic (exact) mass is 258 g/mol. The third-order valence-electron chi connectivity index (χ3n) is 3.75. The van der Waals surface area contributed by atoms with Gasteiger partial charge in [-0.05, 0) is 12.3 Å². The van der Waals surface area contributed by atoms with E-state index in [0.29, 0.717) is 5.92 Å². The minimum Gasteiger partial charge on any atom is -0.394 e. The van der Waals surface area contributed by atoms with Crippen LogP contribution >= 0.6 is 0 Å². The topological polar surface area (TPSA) is 40.5 Å². The lowest BCUT2D eigenvalue weighted by atomic mass is 9.90.